The number of hydrogen-bond donors (Lipinski definition) is 1. The van der Waals surface area contributed by atoms with Gasteiger partial charge in [0.1, 0.15) is 17.1 Å². The molecule has 0 amide bonds. The largest absolute Gasteiger partial charge is 0.465 e. The van der Waals surface area contributed by atoms with Gasteiger partial charge < -0.3 is 14.5 Å². The van der Waals surface area contributed by atoms with Gasteiger partial charge >= 0.3 is 5.97 Å². The molecule has 6 nitrogen and oxygen atoms in total. The first-order chi connectivity index (χ1) is 8.70. The molecule has 0 aliphatic carbocycles. The zero-order valence-corrected chi connectivity index (χ0v) is 10.1. The van der Waals surface area contributed by atoms with Gasteiger partial charge in [-0.05, 0) is 19.1 Å². The molecule has 0 aliphatic heterocycles. The number of aryl methyl sites for hydroxylation is 1. The molecule has 0 aliphatic rings. The summed E-state index contributed by atoms with van der Waals surface area (Å²) >= 11 is 0. The molecule has 94 valence electrons. The van der Waals surface area contributed by atoms with Crippen molar-refractivity contribution in [3.05, 3.63) is 41.7 Å². The minimum absolute atomic E-state index is 0.356. The molecule has 0 saturated carbocycles. The van der Waals surface area contributed by atoms with Crippen molar-refractivity contribution in [3.8, 4) is 0 Å². The molecule has 6 heteroatoms. The molecule has 0 unspecified atom stereocenters. The Morgan fingerprint density at radius 1 is 1.50 bits per heavy atom. The fourth-order valence-electron chi connectivity index (χ4n) is 1.46. The number of hydrogen-bond acceptors (Lipinski definition) is 6. The summed E-state index contributed by atoms with van der Waals surface area (Å²) < 4.78 is 9.99. The molecule has 2 aromatic rings. The number of carbonyl (C=O) groups excluding carboxylic acids is 1. The molecule has 2 aromatic heterocycles. The van der Waals surface area contributed by atoms with Crippen molar-refractivity contribution in [2.24, 2.45) is 0 Å². The van der Waals surface area contributed by atoms with Crippen LogP contribution in [-0.2, 0) is 11.3 Å². The first-order valence-corrected chi connectivity index (χ1v) is 5.39. The Kier molecular flexibility index (Phi) is 3.57. The Balaban J connectivity index is 2.11. The fourth-order valence-corrected chi connectivity index (χ4v) is 1.46. The highest BCUT2D eigenvalue weighted by Crippen LogP contribution is 2.13. The van der Waals surface area contributed by atoms with Crippen molar-refractivity contribution < 1.29 is 13.9 Å². The van der Waals surface area contributed by atoms with Crippen molar-refractivity contribution in [3.63, 3.8) is 0 Å². The second-order valence-corrected chi connectivity index (χ2v) is 3.61. The third-order valence-corrected chi connectivity index (χ3v) is 2.29. The highest BCUT2D eigenvalue weighted by atomic mass is 16.5. The molecule has 0 radical (unpaired) electrons. The van der Waals surface area contributed by atoms with Gasteiger partial charge in [-0.1, -0.05) is 0 Å². The minimum Gasteiger partial charge on any atom is -0.465 e. The number of methoxy groups -OCH3 is 1. The zero-order chi connectivity index (χ0) is 13.0. The highest BCUT2D eigenvalue weighted by molar-refractivity contribution is 5.94. The smallest absolute Gasteiger partial charge is 0.341 e. The molecular weight excluding hydrogens is 234 g/mol. The monoisotopic (exact) mass is 247 g/mol. The summed E-state index contributed by atoms with van der Waals surface area (Å²) in [7, 11) is 1.33. The number of pyridine rings is 1. The van der Waals surface area contributed by atoms with Crippen LogP contribution in [0.4, 0.5) is 5.82 Å². The molecule has 0 fully saturated rings. The maximum absolute atomic E-state index is 11.5. The topological polar surface area (TPSA) is 77.2 Å². The maximum atomic E-state index is 11.5. The van der Waals surface area contributed by atoms with Crippen LogP contribution in [0.1, 0.15) is 22.0 Å². The summed E-state index contributed by atoms with van der Waals surface area (Å²) in [6.07, 6.45) is 3.23. The van der Waals surface area contributed by atoms with Crippen LogP contribution >= 0.6 is 0 Å². The lowest BCUT2D eigenvalue weighted by molar-refractivity contribution is 0.0601. The summed E-state index contributed by atoms with van der Waals surface area (Å²) in [4.78, 5) is 19.6. The van der Waals surface area contributed by atoms with E-state index in [-0.39, 0.29) is 0 Å². The third kappa shape index (κ3) is 2.65. The van der Waals surface area contributed by atoms with Gasteiger partial charge in [0.2, 0.25) is 5.89 Å². The number of aromatic nitrogens is 2. The van der Waals surface area contributed by atoms with Crippen LogP contribution in [0.25, 0.3) is 0 Å². The van der Waals surface area contributed by atoms with E-state index in [2.05, 4.69) is 20.0 Å². The number of esters is 1. The predicted octanol–water partition coefficient (Wildman–Crippen LogP) is 1.78. The van der Waals surface area contributed by atoms with Gasteiger partial charge in [-0.25, -0.2) is 14.8 Å². The molecular formula is C12H13N3O3. The second kappa shape index (κ2) is 5.31. The predicted molar refractivity (Wildman–Crippen MR) is 64.1 cm³/mol. The van der Waals surface area contributed by atoms with E-state index in [9.17, 15) is 4.79 Å². The lowest BCUT2D eigenvalue weighted by Crippen LogP contribution is -2.09. The number of nitrogens with one attached hydrogen (secondary N) is 1. The second-order valence-electron chi connectivity index (χ2n) is 3.61. The first kappa shape index (κ1) is 12.1. The number of oxazole rings is 1. The van der Waals surface area contributed by atoms with E-state index in [1.807, 2.05) is 6.92 Å². The van der Waals surface area contributed by atoms with E-state index in [1.54, 1.807) is 24.5 Å². The van der Waals surface area contributed by atoms with Gasteiger partial charge in [0, 0.05) is 6.20 Å². The van der Waals surface area contributed by atoms with Crippen LogP contribution in [0.5, 0.6) is 0 Å². The first-order valence-electron chi connectivity index (χ1n) is 5.39. The highest BCUT2D eigenvalue weighted by Gasteiger charge is 2.12. The molecule has 2 heterocycles. The maximum Gasteiger partial charge on any atom is 0.341 e. The number of ether oxygens (including phenoxy) is 1. The zero-order valence-electron chi connectivity index (χ0n) is 10.1. The van der Waals surface area contributed by atoms with E-state index in [0.29, 0.717) is 23.8 Å². The van der Waals surface area contributed by atoms with Crippen molar-refractivity contribution >= 4 is 11.8 Å². The van der Waals surface area contributed by atoms with Crippen LogP contribution < -0.4 is 5.32 Å². The molecule has 0 saturated heterocycles. The quantitative estimate of drug-likeness (QED) is 0.830. The normalized spacial score (nSPS) is 10.1. The van der Waals surface area contributed by atoms with E-state index < -0.39 is 5.97 Å². The van der Waals surface area contributed by atoms with E-state index in [1.165, 1.54) is 7.11 Å². The Labute approximate surface area is 104 Å². The molecule has 18 heavy (non-hydrogen) atoms. The molecule has 2 rings (SSSR count). The van der Waals surface area contributed by atoms with E-state index in [0.717, 1.165) is 5.76 Å². The average molecular weight is 247 g/mol. The summed E-state index contributed by atoms with van der Waals surface area (Å²) in [6, 6.07) is 3.31. The van der Waals surface area contributed by atoms with Crippen molar-refractivity contribution in [1.82, 2.24) is 9.97 Å². The summed E-state index contributed by atoms with van der Waals surface area (Å²) in [6.45, 7) is 2.17. The summed E-state index contributed by atoms with van der Waals surface area (Å²) in [5, 5.41) is 2.99. The van der Waals surface area contributed by atoms with E-state index in [4.69, 9.17) is 4.42 Å². The van der Waals surface area contributed by atoms with E-state index >= 15 is 0 Å². The van der Waals surface area contributed by atoms with Crippen LogP contribution in [0.3, 0.4) is 0 Å². The van der Waals surface area contributed by atoms with Gasteiger partial charge in [0.05, 0.1) is 19.9 Å². The standard InChI is InChI=1S/C12H13N3O3/c1-8-6-14-10(18-8)7-15-11-9(12(16)17-2)4-3-5-13-11/h3-6H,7H2,1-2H3,(H,13,15). The van der Waals surface area contributed by atoms with Gasteiger partial charge in [0.25, 0.3) is 0 Å². The number of nitrogens with zero attached hydrogens (tertiary/aromatic N) is 2. The van der Waals surface area contributed by atoms with Gasteiger partial charge in [-0.2, -0.15) is 0 Å². The fraction of sp³-hybridized carbons (Fsp3) is 0.250. The Hall–Kier alpha value is -2.37. The Morgan fingerprint density at radius 3 is 3.00 bits per heavy atom. The number of rotatable bonds is 4. The lowest BCUT2D eigenvalue weighted by atomic mass is 10.2. The molecule has 0 spiro atoms. The van der Waals surface area contributed by atoms with Crippen molar-refractivity contribution in [2.45, 2.75) is 13.5 Å². The van der Waals surface area contributed by atoms with Crippen LogP contribution in [0.2, 0.25) is 0 Å². The Morgan fingerprint density at radius 2 is 2.33 bits per heavy atom. The minimum atomic E-state index is -0.436. The SMILES string of the molecule is COC(=O)c1cccnc1NCc1ncc(C)o1. The summed E-state index contributed by atoms with van der Waals surface area (Å²) in [5.74, 6) is 1.28. The van der Waals surface area contributed by atoms with Crippen LogP contribution in [-0.4, -0.2) is 23.0 Å². The number of anilines is 1. The van der Waals surface area contributed by atoms with Crippen molar-refractivity contribution in [2.75, 3.05) is 12.4 Å². The molecule has 1 N–H and O–H groups in total. The third-order valence-electron chi connectivity index (χ3n) is 2.29. The van der Waals surface area contributed by atoms with Gasteiger partial charge in [-0.3, -0.25) is 0 Å². The van der Waals surface area contributed by atoms with Crippen molar-refractivity contribution in [1.29, 1.82) is 0 Å². The molecule has 0 atom stereocenters. The molecule has 0 bridgehead atoms. The summed E-state index contributed by atoms with van der Waals surface area (Å²) in [5.41, 5.74) is 0.378. The number of carbonyl (C=O) groups is 1. The van der Waals surface area contributed by atoms with Gasteiger partial charge in [0.15, 0.2) is 0 Å². The lowest BCUT2D eigenvalue weighted by Gasteiger charge is -2.07. The Bertz CT molecular complexity index is 551. The van der Waals surface area contributed by atoms with Crippen LogP contribution in [0, 0.1) is 6.92 Å². The van der Waals surface area contributed by atoms with Gasteiger partial charge in [-0.15, -0.1) is 0 Å². The average Bonchev–Trinajstić information content (AvgIpc) is 2.81. The molecule has 0 aromatic carbocycles. The van der Waals surface area contributed by atoms with Crippen LogP contribution in [0.15, 0.2) is 28.9 Å².